The Hall–Kier alpha value is -2.64. The number of anilines is 3. The number of fused-ring (bicyclic) bond motifs is 2. The quantitative estimate of drug-likeness (QED) is 0.883. The van der Waals surface area contributed by atoms with Crippen molar-refractivity contribution in [2.45, 2.75) is 50.9 Å². The van der Waals surface area contributed by atoms with Crippen molar-refractivity contribution in [3.63, 3.8) is 0 Å². The molecule has 1 amide bonds. The van der Waals surface area contributed by atoms with E-state index in [0.29, 0.717) is 18.2 Å². The third-order valence-electron chi connectivity index (χ3n) is 5.38. The molecule has 2 aromatic heterocycles. The molecule has 1 N–H and O–H groups in total. The van der Waals surface area contributed by atoms with E-state index in [-0.39, 0.29) is 11.3 Å². The van der Waals surface area contributed by atoms with Gasteiger partial charge < -0.3 is 10.2 Å². The SMILES string of the molecule is CC(=O)Nc1cc2c(cn1)C1(CCCC1)CN2c1ccnc(C(C)(F)F)n1. The van der Waals surface area contributed by atoms with Crippen LogP contribution in [-0.4, -0.2) is 27.4 Å². The first-order chi connectivity index (χ1) is 12.8. The molecule has 0 radical (unpaired) electrons. The largest absolute Gasteiger partial charge is 0.325 e. The number of hydrogen-bond donors (Lipinski definition) is 1. The van der Waals surface area contributed by atoms with Gasteiger partial charge in [0.1, 0.15) is 11.6 Å². The van der Waals surface area contributed by atoms with Crippen LogP contribution in [0.4, 0.5) is 26.1 Å². The number of alkyl halides is 2. The van der Waals surface area contributed by atoms with Gasteiger partial charge in [-0.2, -0.15) is 8.78 Å². The zero-order valence-electron chi connectivity index (χ0n) is 15.3. The molecule has 3 heterocycles. The Morgan fingerprint density at radius 1 is 1.30 bits per heavy atom. The molecule has 1 aliphatic heterocycles. The van der Waals surface area contributed by atoms with Crippen molar-refractivity contribution in [2.75, 3.05) is 16.8 Å². The maximum atomic E-state index is 13.7. The topological polar surface area (TPSA) is 71.0 Å². The highest BCUT2D eigenvalue weighted by Gasteiger charge is 2.46. The Kier molecular flexibility index (Phi) is 4.09. The van der Waals surface area contributed by atoms with Crippen LogP contribution in [0, 0.1) is 0 Å². The number of aromatic nitrogens is 3. The molecule has 1 aliphatic carbocycles. The monoisotopic (exact) mass is 373 g/mol. The van der Waals surface area contributed by atoms with Gasteiger partial charge in [-0.3, -0.25) is 4.79 Å². The van der Waals surface area contributed by atoms with Crippen molar-refractivity contribution >= 4 is 23.2 Å². The normalized spacial score (nSPS) is 18.0. The Balaban J connectivity index is 1.80. The lowest BCUT2D eigenvalue weighted by atomic mass is 9.82. The molecule has 4 rings (SSSR count). The lowest BCUT2D eigenvalue weighted by molar-refractivity contribution is -0.114. The molecule has 6 nitrogen and oxygen atoms in total. The van der Waals surface area contributed by atoms with Gasteiger partial charge in [0.2, 0.25) is 11.7 Å². The van der Waals surface area contributed by atoms with Gasteiger partial charge in [-0.15, -0.1) is 0 Å². The van der Waals surface area contributed by atoms with Crippen LogP contribution in [0.5, 0.6) is 0 Å². The van der Waals surface area contributed by atoms with E-state index in [0.717, 1.165) is 43.9 Å². The Morgan fingerprint density at radius 2 is 2.04 bits per heavy atom. The number of rotatable bonds is 3. The molecule has 0 unspecified atom stereocenters. The molecule has 2 aliphatic rings. The van der Waals surface area contributed by atoms with Gasteiger partial charge in [-0.05, 0) is 18.9 Å². The van der Waals surface area contributed by atoms with Crippen LogP contribution in [0.25, 0.3) is 0 Å². The lowest BCUT2D eigenvalue weighted by Gasteiger charge is -2.25. The van der Waals surface area contributed by atoms with Crippen molar-refractivity contribution in [2.24, 2.45) is 0 Å². The summed E-state index contributed by atoms with van der Waals surface area (Å²) in [6.07, 6.45) is 7.48. The summed E-state index contributed by atoms with van der Waals surface area (Å²) in [6.45, 7) is 2.88. The van der Waals surface area contributed by atoms with E-state index < -0.39 is 11.7 Å². The first-order valence-corrected chi connectivity index (χ1v) is 9.06. The van der Waals surface area contributed by atoms with Crippen molar-refractivity contribution in [1.29, 1.82) is 0 Å². The summed E-state index contributed by atoms with van der Waals surface area (Å²) in [7, 11) is 0. The van der Waals surface area contributed by atoms with Gasteiger partial charge in [0.05, 0.1) is 5.69 Å². The molecule has 0 saturated heterocycles. The van der Waals surface area contributed by atoms with Crippen LogP contribution in [-0.2, 0) is 16.1 Å². The summed E-state index contributed by atoms with van der Waals surface area (Å²) in [5.74, 6) is -2.94. The standard InChI is InChI=1S/C19H21F2N5O/c1-12(27)24-15-9-14-13(10-23-15)19(6-3-4-7-19)11-26(14)16-5-8-22-17(25-16)18(2,20)21/h5,8-10H,3-4,6-7,11H2,1-2H3,(H,23,24,27). The zero-order chi connectivity index (χ0) is 19.2. The number of nitrogens with one attached hydrogen (secondary N) is 1. The van der Waals surface area contributed by atoms with Crippen molar-refractivity contribution in [3.8, 4) is 0 Å². The van der Waals surface area contributed by atoms with Crippen molar-refractivity contribution in [3.05, 3.63) is 35.9 Å². The number of carbonyl (C=O) groups is 1. The molecule has 1 spiro atoms. The molecule has 1 fully saturated rings. The van der Waals surface area contributed by atoms with Crippen LogP contribution in [0.1, 0.15) is 50.9 Å². The second-order valence-electron chi connectivity index (χ2n) is 7.47. The molecule has 0 aromatic carbocycles. The smallest absolute Gasteiger partial charge is 0.303 e. The fourth-order valence-electron chi connectivity index (χ4n) is 4.19. The first-order valence-electron chi connectivity index (χ1n) is 9.06. The molecule has 2 aromatic rings. The second-order valence-corrected chi connectivity index (χ2v) is 7.47. The van der Waals surface area contributed by atoms with Crippen LogP contribution < -0.4 is 10.2 Å². The average Bonchev–Trinajstić information content (AvgIpc) is 3.20. The number of pyridine rings is 1. The van der Waals surface area contributed by atoms with Gasteiger partial charge in [-0.1, -0.05) is 12.8 Å². The van der Waals surface area contributed by atoms with Crippen LogP contribution >= 0.6 is 0 Å². The van der Waals surface area contributed by atoms with Crippen molar-refractivity contribution in [1.82, 2.24) is 15.0 Å². The van der Waals surface area contributed by atoms with Gasteiger partial charge in [0.25, 0.3) is 0 Å². The first kappa shape index (κ1) is 17.8. The highest BCUT2D eigenvalue weighted by Crippen LogP contribution is 2.52. The number of amides is 1. The fraction of sp³-hybridized carbons (Fsp3) is 0.474. The third kappa shape index (κ3) is 3.13. The second kappa shape index (κ2) is 6.21. The Bertz CT molecular complexity index is 890. The van der Waals surface area contributed by atoms with Gasteiger partial charge >= 0.3 is 5.92 Å². The van der Waals surface area contributed by atoms with Gasteiger partial charge in [0, 0.05) is 49.8 Å². The maximum Gasteiger partial charge on any atom is 0.303 e. The summed E-state index contributed by atoms with van der Waals surface area (Å²) < 4.78 is 27.4. The van der Waals surface area contributed by atoms with Gasteiger partial charge in [-0.25, -0.2) is 15.0 Å². The molecule has 8 heteroatoms. The predicted molar refractivity (Wildman–Crippen MR) is 97.3 cm³/mol. The minimum atomic E-state index is -3.11. The van der Waals surface area contributed by atoms with Crippen molar-refractivity contribution < 1.29 is 13.6 Å². The van der Waals surface area contributed by atoms with Gasteiger partial charge in [0.15, 0.2) is 0 Å². The summed E-state index contributed by atoms with van der Waals surface area (Å²) in [5, 5.41) is 2.69. The Labute approximate surface area is 156 Å². The summed E-state index contributed by atoms with van der Waals surface area (Å²) in [5.41, 5.74) is 1.91. The molecule has 0 bridgehead atoms. The van der Waals surface area contributed by atoms with E-state index in [1.807, 2.05) is 11.1 Å². The lowest BCUT2D eigenvalue weighted by Crippen LogP contribution is -2.29. The highest BCUT2D eigenvalue weighted by molar-refractivity contribution is 5.88. The van der Waals surface area contributed by atoms with E-state index in [4.69, 9.17) is 0 Å². The molecular formula is C19H21F2N5O. The number of hydrogen-bond acceptors (Lipinski definition) is 5. The zero-order valence-corrected chi connectivity index (χ0v) is 15.3. The van der Waals surface area contributed by atoms with Crippen LogP contribution in [0.2, 0.25) is 0 Å². The molecule has 0 atom stereocenters. The van der Waals surface area contributed by atoms with E-state index >= 15 is 0 Å². The molecule has 142 valence electrons. The summed E-state index contributed by atoms with van der Waals surface area (Å²) in [4.78, 5) is 25.6. The van der Waals surface area contributed by atoms with E-state index in [9.17, 15) is 13.6 Å². The minimum Gasteiger partial charge on any atom is -0.325 e. The summed E-state index contributed by atoms with van der Waals surface area (Å²) in [6, 6.07) is 3.45. The fourth-order valence-corrected chi connectivity index (χ4v) is 4.19. The Morgan fingerprint density at radius 3 is 2.70 bits per heavy atom. The predicted octanol–water partition coefficient (Wildman–Crippen LogP) is 3.91. The number of carbonyl (C=O) groups excluding carboxylic acids is 1. The number of nitrogens with zero attached hydrogens (tertiary/aromatic N) is 4. The number of halogens is 2. The molecule has 27 heavy (non-hydrogen) atoms. The summed E-state index contributed by atoms with van der Waals surface area (Å²) >= 11 is 0. The van der Waals surface area contributed by atoms with Crippen LogP contribution in [0.3, 0.4) is 0 Å². The van der Waals surface area contributed by atoms with E-state index in [2.05, 4.69) is 20.3 Å². The van der Waals surface area contributed by atoms with E-state index in [1.165, 1.54) is 13.1 Å². The molecular weight excluding hydrogens is 352 g/mol. The minimum absolute atomic E-state index is 0.0447. The van der Waals surface area contributed by atoms with Crippen LogP contribution in [0.15, 0.2) is 24.5 Å². The molecule has 1 saturated carbocycles. The highest BCUT2D eigenvalue weighted by atomic mass is 19.3. The maximum absolute atomic E-state index is 13.7. The van der Waals surface area contributed by atoms with E-state index in [1.54, 1.807) is 12.1 Å². The third-order valence-corrected chi connectivity index (χ3v) is 5.38. The average molecular weight is 373 g/mol.